The van der Waals surface area contributed by atoms with E-state index in [1.54, 1.807) is 13.3 Å². The number of ether oxygens (including phenoxy) is 1. The van der Waals surface area contributed by atoms with Crippen molar-refractivity contribution in [1.82, 2.24) is 15.2 Å². The molecule has 6 rings (SSSR count). The molecule has 3 aliphatic rings. The van der Waals surface area contributed by atoms with Crippen molar-refractivity contribution in [1.29, 1.82) is 0 Å². The maximum absolute atomic E-state index is 5.82. The number of rotatable bonds is 6. The summed E-state index contributed by atoms with van der Waals surface area (Å²) in [5.74, 6) is 2.17. The van der Waals surface area contributed by atoms with Crippen molar-refractivity contribution in [3.05, 3.63) is 54.4 Å². The molecule has 3 aromatic rings. The van der Waals surface area contributed by atoms with E-state index in [-0.39, 0.29) is 5.41 Å². The Morgan fingerprint density at radius 3 is 2.47 bits per heavy atom. The highest BCUT2D eigenvalue weighted by atomic mass is 16.5. The van der Waals surface area contributed by atoms with Gasteiger partial charge in [0, 0.05) is 36.8 Å². The average Bonchev–Trinajstić information content (AvgIpc) is 3.26. The number of hydrogen-bond acceptors (Lipinski definition) is 6. The highest BCUT2D eigenvalue weighted by molar-refractivity contribution is 5.68. The SMILES string of the molecule is COc1cc(-c2cccc(NCC34CCC(c5nnc(C)o5)(CC3)CC4)c2)ccn1. The first-order valence-corrected chi connectivity index (χ1v) is 10.7. The molecule has 2 bridgehead atoms. The summed E-state index contributed by atoms with van der Waals surface area (Å²) in [6.45, 7) is 2.89. The average molecular weight is 405 g/mol. The first-order chi connectivity index (χ1) is 14.6. The number of benzene rings is 1. The molecule has 6 heteroatoms. The molecule has 30 heavy (non-hydrogen) atoms. The van der Waals surface area contributed by atoms with Crippen molar-refractivity contribution >= 4 is 5.69 Å². The Balaban J connectivity index is 1.26. The topological polar surface area (TPSA) is 73.1 Å². The lowest BCUT2D eigenvalue weighted by Crippen LogP contribution is -2.47. The van der Waals surface area contributed by atoms with E-state index in [0.717, 1.165) is 48.5 Å². The van der Waals surface area contributed by atoms with Gasteiger partial charge >= 0.3 is 0 Å². The molecule has 0 amide bonds. The van der Waals surface area contributed by atoms with Crippen molar-refractivity contribution in [3.8, 4) is 17.0 Å². The summed E-state index contributed by atoms with van der Waals surface area (Å²) in [5, 5.41) is 12.2. The number of methoxy groups -OCH3 is 1. The van der Waals surface area contributed by atoms with Crippen LogP contribution >= 0.6 is 0 Å². The van der Waals surface area contributed by atoms with Crippen LogP contribution in [0.15, 0.2) is 47.0 Å². The van der Waals surface area contributed by atoms with Crippen molar-refractivity contribution in [2.45, 2.75) is 50.9 Å². The Morgan fingerprint density at radius 2 is 1.77 bits per heavy atom. The second-order valence-corrected chi connectivity index (χ2v) is 8.93. The van der Waals surface area contributed by atoms with E-state index in [1.165, 1.54) is 19.3 Å². The third-order valence-corrected chi connectivity index (χ3v) is 7.19. The molecule has 0 unspecified atom stereocenters. The Labute approximate surface area is 177 Å². The van der Waals surface area contributed by atoms with Gasteiger partial charge in [0.1, 0.15) is 0 Å². The van der Waals surface area contributed by atoms with Crippen LogP contribution in [0.25, 0.3) is 11.1 Å². The number of pyridine rings is 1. The lowest BCUT2D eigenvalue weighted by Gasteiger charge is -2.52. The van der Waals surface area contributed by atoms with Crippen LogP contribution in [0.1, 0.15) is 50.3 Å². The Morgan fingerprint density at radius 1 is 1.00 bits per heavy atom. The van der Waals surface area contributed by atoms with Gasteiger partial charge < -0.3 is 14.5 Å². The van der Waals surface area contributed by atoms with E-state index in [0.29, 0.717) is 17.2 Å². The number of aryl methyl sites for hydroxylation is 1. The molecule has 2 heterocycles. The summed E-state index contributed by atoms with van der Waals surface area (Å²) < 4.78 is 11.1. The summed E-state index contributed by atoms with van der Waals surface area (Å²) in [4.78, 5) is 4.20. The van der Waals surface area contributed by atoms with Gasteiger partial charge in [-0.05, 0) is 73.3 Å². The summed E-state index contributed by atoms with van der Waals surface area (Å²) >= 11 is 0. The fourth-order valence-electron chi connectivity index (χ4n) is 5.16. The molecular formula is C24H28N4O2. The molecule has 156 valence electrons. The van der Waals surface area contributed by atoms with Crippen molar-refractivity contribution < 1.29 is 9.15 Å². The van der Waals surface area contributed by atoms with Gasteiger partial charge in [-0.1, -0.05) is 12.1 Å². The highest BCUT2D eigenvalue weighted by Gasteiger charge is 2.51. The lowest BCUT2D eigenvalue weighted by molar-refractivity contribution is 0.0350. The Kier molecular flexibility index (Phi) is 4.72. The molecular weight excluding hydrogens is 376 g/mol. The molecule has 3 saturated carbocycles. The molecule has 0 atom stereocenters. The number of aromatic nitrogens is 3. The van der Waals surface area contributed by atoms with Crippen LogP contribution in [-0.4, -0.2) is 28.8 Å². The van der Waals surface area contributed by atoms with E-state index in [9.17, 15) is 0 Å². The van der Waals surface area contributed by atoms with Crippen molar-refractivity contribution in [2.24, 2.45) is 5.41 Å². The maximum Gasteiger partial charge on any atom is 0.222 e. The van der Waals surface area contributed by atoms with Gasteiger partial charge in [0.2, 0.25) is 17.7 Å². The van der Waals surface area contributed by atoms with E-state index < -0.39 is 0 Å². The fraction of sp³-hybridized carbons (Fsp3) is 0.458. The Bertz CT molecular complexity index is 1020. The number of nitrogens with one attached hydrogen (secondary N) is 1. The molecule has 6 nitrogen and oxygen atoms in total. The molecule has 1 N–H and O–H groups in total. The zero-order valence-corrected chi connectivity index (χ0v) is 17.6. The molecule has 0 saturated heterocycles. The standard InChI is InChI=1S/C24H28N4O2/c1-17-27-28-22(30-17)24-10-7-23(8-11-24,9-12-24)16-26-20-5-3-4-18(14-20)19-6-13-25-21(15-19)29-2/h3-6,13-15,26H,7-12,16H2,1-2H3. The largest absolute Gasteiger partial charge is 0.481 e. The minimum absolute atomic E-state index is 0.114. The minimum atomic E-state index is 0.114. The summed E-state index contributed by atoms with van der Waals surface area (Å²) in [6, 6.07) is 12.6. The monoisotopic (exact) mass is 404 g/mol. The van der Waals surface area contributed by atoms with Crippen LogP contribution in [0, 0.1) is 12.3 Å². The van der Waals surface area contributed by atoms with E-state index in [1.807, 2.05) is 19.1 Å². The van der Waals surface area contributed by atoms with Crippen molar-refractivity contribution in [3.63, 3.8) is 0 Å². The van der Waals surface area contributed by atoms with Gasteiger partial charge in [0.05, 0.1) is 7.11 Å². The highest BCUT2D eigenvalue weighted by Crippen LogP contribution is 2.57. The number of fused-ring (bicyclic) bond motifs is 3. The summed E-state index contributed by atoms with van der Waals surface area (Å²) in [5.41, 5.74) is 3.92. The normalized spacial score (nSPS) is 25.3. The minimum Gasteiger partial charge on any atom is -0.481 e. The van der Waals surface area contributed by atoms with E-state index >= 15 is 0 Å². The van der Waals surface area contributed by atoms with Gasteiger partial charge in [-0.2, -0.15) is 0 Å². The first-order valence-electron chi connectivity index (χ1n) is 10.7. The zero-order valence-electron chi connectivity index (χ0n) is 17.6. The second kappa shape index (κ2) is 7.42. The predicted octanol–water partition coefficient (Wildman–Crippen LogP) is 5.15. The van der Waals surface area contributed by atoms with Gasteiger partial charge in [-0.3, -0.25) is 0 Å². The van der Waals surface area contributed by atoms with Gasteiger partial charge in [0.25, 0.3) is 0 Å². The smallest absolute Gasteiger partial charge is 0.222 e. The number of nitrogens with zero attached hydrogens (tertiary/aromatic N) is 3. The predicted molar refractivity (Wildman–Crippen MR) is 116 cm³/mol. The molecule has 3 aliphatic carbocycles. The lowest BCUT2D eigenvalue weighted by atomic mass is 9.53. The van der Waals surface area contributed by atoms with E-state index in [4.69, 9.17) is 9.15 Å². The molecule has 3 fully saturated rings. The molecule has 0 radical (unpaired) electrons. The second-order valence-electron chi connectivity index (χ2n) is 8.93. The quantitative estimate of drug-likeness (QED) is 0.612. The van der Waals surface area contributed by atoms with Gasteiger partial charge in [-0.15, -0.1) is 10.2 Å². The molecule has 1 aromatic carbocycles. The third-order valence-electron chi connectivity index (χ3n) is 7.19. The number of hydrogen-bond donors (Lipinski definition) is 1. The molecule has 0 spiro atoms. The van der Waals surface area contributed by atoms with Crippen LogP contribution in [0.3, 0.4) is 0 Å². The van der Waals surface area contributed by atoms with Crippen LogP contribution in [0.4, 0.5) is 5.69 Å². The van der Waals surface area contributed by atoms with Crippen LogP contribution in [0.5, 0.6) is 5.88 Å². The molecule has 0 aliphatic heterocycles. The number of anilines is 1. The van der Waals surface area contributed by atoms with E-state index in [2.05, 4.69) is 44.8 Å². The maximum atomic E-state index is 5.82. The van der Waals surface area contributed by atoms with Crippen molar-refractivity contribution in [2.75, 3.05) is 19.0 Å². The summed E-state index contributed by atoms with van der Waals surface area (Å²) in [7, 11) is 1.64. The third kappa shape index (κ3) is 3.44. The van der Waals surface area contributed by atoms with Crippen LogP contribution < -0.4 is 10.1 Å². The van der Waals surface area contributed by atoms with Crippen LogP contribution in [-0.2, 0) is 5.41 Å². The fourth-order valence-corrected chi connectivity index (χ4v) is 5.16. The van der Waals surface area contributed by atoms with Gasteiger partial charge in [0.15, 0.2) is 0 Å². The Hall–Kier alpha value is -2.89. The zero-order chi connectivity index (χ0) is 20.6. The molecule has 2 aromatic heterocycles. The summed E-state index contributed by atoms with van der Waals surface area (Å²) in [6.07, 6.45) is 8.86. The van der Waals surface area contributed by atoms with Gasteiger partial charge in [-0.25, -0.2) is 4.98 Å². The first kappa shape index (κ1) is 19.1. The van der Waals surface area contributed by atoms with Crippen LogP contribution in [0.2, 0.25) is 0 Å².